The van der Waals surface area contributed by atoms with Gasteiger partial charge in [0.1, 0.15) is 5.75 Å². The van der Waals surface area contributed by atoms with Crippen molar-refractivity contribution in [2.75, 3.05) is 6.54 Å². The molecule has 1 aromatic carbocycles. The lowest BCUT2D eigenvalue weighted by Gasteiger charge is -2.11. The maximum absolute atomic E-state index is 12.7. The fraction of sp³-hybridized carbons (Fsp3) is 0.250. The van der Waals surface area contributed by atoms with E-state index in [1.54, 1.807) is 0 Å². The number of benzene rings is 1. The molecule has 3 N–H and O–H groups in total. The van der Waals surface area contributed by atoms with Crippen LogP contribution in [0.5, 0.6) is 5.75 Å². The molecule has 2 rings (SSSR count). The summed E-state index contributed by atoms with van der Waals surface area (Å²) in [5, 5.41) is 0. The largest absolute Gasteiger partial charge is 0.473 e. The van der Waals surface area contributed by atoms with Crippen molar-refractivity contribution in [1.82, 2.24) is 16.4 Å². The van der Waals surface area contributed by atoms with Crippen LogP contribution in [0, 0.1) is 11.6 Å². The van der Waals surface area contributed by atoms with Gasteiger partial charge in [-0.15, -0.1) is 0 Å². The maximum Gasteiger partial charge on any atom is 0.177 e. The molecule has 76 valence electrons. The number of ether oxygens (including phenoxy) is 1. The minimum atomic E-state index is -0.915. The molecular weight excluding hydrogens is 192 g/mol. The summed E-state index contributed by atoms with van der Waals surface area (Å²) >= 11 is 0. The normalized spacial score (nSPS) is 21.1. The first-order valence-electron chi connectivity index (χ1n) is 4.11. The number of halogens is 2. The van der Waals surface area contributed by atoms with Crippen LogP contribution < -0.4 is 21.1 Å². The summed E-state index contributed by atoms with van der Waals surface area (Å²) in [6, 6.07) is 3.41. The Morgan fingerprint density at radius 1 is 1.29 bits per heavy atom. The standard InChI is InChI=1S/C8H9F2N3O/c9-6-2-1-5(3-7(6)10)14-8-4-11-13-12-8/h1-3,8,11-13H,4H2. The van der Waals surface area contributed by atoms with Gasteiger partial charge in [0.15, 0.2) is 17.9 Å². The zero-order chi connectivity index (χ0) is 9.97. The number of rotatable bonds is 2. The first-order valence-corrected chi connectivity index (χ1v) is 4.11. The third kappa shape index (κ3) is 1.98. The molecular formula is C8H9F2N3O. The highest BCUT2D eigenvalue weighted by Gasteiger charge is 2.15. The Kier molecular flexibility index (Phi) is 2.58. The highest BCUT2D eigenvalue weighted by atomic mass is 19.2. The van der Waals surface area contributed by atoms with Crippen molar-refractivity contribution in [3.63, 3.8) is 0 Å². The van der Waals surface area contributed by atoms with E-state index in [1.807, 2.05) is 0 Å². The predicted octanol–water partition coefficient (Wildman–Crippen LogP) is 0.282. The number of hydrazine groups is 2. The molecule has 0 aromatic heterocycles. The van der Waals surface area contributed by atoms with Crippen LogP contribution in [0.15, 0.2) is 18.2 Å². The van der Waals surface area contributed by atoms with Crippen LogP contribution in [0.3, 0.4) is 0 Å². The third-order valence-corrected chi connectivity index (χ3v) is 1.78. The molecule has 14 heavy (non-hydrogen) atoms. The first kappa shape index (κ1) is 9.32. The monoisotopic (exact) mass is 201 g/mol. The summed E-state index contributed by atoms with van der Waals surface area (Å²) in [7, 11) is 0. The van der Waals surface area contributed by atoms with Gasteiger partial charge in [-0.3, -0.25) is 0 Å². The van der Waals surface area contributed by atoms with Crippen LogP contribution in [0.2, 0.25) is 0 Å². The van der Waals surface area contributed by atoms with Crippen LogP contribution in [0.25, 0.3) is 0 Å². The summed E-state index contributed by atoms with van der Waals surface area (Å²) in [5.41, 5.74) is 8.13. The molecule has 1 aromatic rings. The van der Waals surface area contributed by atoms with Gasteiger partial charge in [-0.25, -0.2) is 19.6 Å². The van der Waals surface area contributed by atoms with Gasteiger partial charge in [0.25, 0.3) is 0 Å². The van der Waals surface area contributed by atoms with Crippen molar-refractivity contribution in [2.24, 2.45) is 0 Å². The van der Waals surface area contributed by atoms with E-state index in [-0.39, 0.29) is 12.0 Å². The van der Waals surface area contributed by atoms with Crippen LogP contribution in [0.1, 0.15) is 0 Å². The highest BCUT2D eigenvalue weighted by molar-refractivity contribution is 5.23. The maximum atomic E-state index is 12.7. The summed E-state index contributed by atoms with van der Waals surface area (Å²) in [6.07, 6.45) is -0.292. The molecule has 1 heterocycles. The lowest BCUT2D eigenvalue weighted by Crippen LogP contribution is -2.36. The molecule has 0 radical (unpaired) electrons. The molecule has 1 atom stereocenters. The topological polar surface area (TPSA) is 45.3 Å². The third-order valence-electron chi connectivity index (χ3n) is 1.78. The fourth-order valence-electron chi connectivity index (χ4n) is 1.11. The number of hydrogen-bond acceptors (Lipinski definition) is 4. The van der Waals surface area contributed by atoms with Gasteiger partial charge in [-0.05, 0) is 12.1 Å². The van der Waals surface area contributed by atoms with Crippen LogP contribution in [-0.4, -0.2) is 12.8 Å². The number of hydrogen-bond donors (Lipinski definition) is 3. The van der Waals surface area contributed by atoms with E-state index in [2.05, 4.69) is 16.4 Å². The van der Waals surface area contributed by atoms with E-state index >= 15 is 0 Å². The zero-order valence-corrected chi connectivity index (χ0v) is 7.18. The fourth-order valence-corrected chi connectivity index (χ4v) is 1.11. The van der Waals surface area contributed by atoms with Crippen molar-refractivity contribution in [2.45, 2.75) is 6.23 Å². The Bertz CT molecular complexity index is 328. The minimum Gasteiger partial charge on any atom is -0.473 e. The molecule has 0 bridgehead atoms. The Balaban J connectivity index is 2.05. The molecule has 0 spiro atoms. The lowest BCUT2D eigenvalue weighted by molar-refractivity contribution is 0.190. The molecule has 6 heteroatoms. The lowest BCUT2D eigenvalue weighted by atomic mass is 10.3. The average molecular weight is 201 g/mol. The molecule has 1 aliphatic heterocycles. The molecule has 4 nitrogen and oxygen atoms in total. The Hall–Kier alpha value is -1.24. The predicted molar refractivity (Wildman–Crippen MR) is 45.0 cm³/mol. The van der Waals surface area contributed by atoms with Crippen molar-refractivity contribution in [3.8, 4) is 5.75 Å². The Labute approximate surface area is 79.2 Å². The van der Waals surface area contributed by atoms with Gasteiger partial charge in [0, 0.05) is 6.07 Å². The van der Waals surface area contributed by atoms with E-state index in [9.17, 15) is 8.78 Å². The van der Waals surface area contributed by atoms with Gasteiger partial charge in [0.05, 0.1) is 6.54 Å². The minimum absolute atomic E-state index is 0.284. The van der Waals surface area contributed by atoms with Gasteiger partial charge in [-0.1, -0.05) is 0 Å². The first-order chi connectivity index (χ1) is 6.75. The smallest absolute Gasteiger partial charge is 0.177 e. The van der Waals surface area contributed by atoms with E-state index in [1.165, 1.54) is 6.07 Å². The second-order valence-electron chi connectivity index (χ2n) is 2.83. The van der Waals surface area contributed by atoms with Crippen molar-refractivity contribution >= 4 is 0 Å². The molecule has 1 aliphatic rings. The highest BCUT2D eigenvalue weighted by Crippen LogP contribution is 2.16. The van der Waals surface area contributed by atoms with E-state index in [0.29, 0.717) is 6.54 Å². The number of nitrogens with one attached hydrogen (secondary N) is 3. The van der Waals surface area contributed by atoms with Crippen molar-refractivity contribution in [3.05, 3.63) is 29.8 Å². The summed E-state index contributed by atoms with van der Waals surface area (Å²) in [4.78, 5) is 0. The Morgan fingerprint density at radius 3 is 2.79 bits per heavy atom. The summed E-state index contributed by atoms with van der Waals surface area (Å²) < 4.78 is 30.6. The SMILES string of the molecule is Fc1ccc(OC2CNNN2)cc1F. The molecule has 1 unspecified atom stereocenters. The van der Waals surface area contributed by atoms with Gasteiger partial charge < -0.3 is 4.74 Å². The molecule has 0 aliphatic carbocycles. The average Bonchev–Trinajstić information content (AvgIpc) is 2.64. The van der Waals surface area contributed by atoms with E-state index in [4.69, 9.17) is 4.74 Å². The molecule has 0 saturated carbocycles. The summed E-state index contributed by atoms with van der Waals surface area (Å²) in [6.45, 7) is 0.541. The quantitative estimate of drug-likeness (QED) is 0.643. The second-order valence-corrected chi connectivity index (χ2v) is 2.83. The van der Waals surface area contributed by atoms with Gasteiger partial charge in [0.2, 0.25) is 0 Å². The van der Waals surface area contributed by atoms with E-state index < -0.39 is 11.6 Å². The molecule has 0 amide bonds. The Morgan fingerprint density at radius 2 is 2.14 bits per heavy atom. The van der Waals surface area contributed by atoms with E-state index in [0.717, 1.165) is 12.1 Å². The van der Waals surface area contributed by atoms with Gasteiger partial charge in [-0.2, -0.15) is 5.53 Å². The van der Waals surface area contributed by atoms with Crippen LogP contribution in [0.4, 0.5) is 8.78 Å². The van der Waals surface area contributed by atoms with Crippen molar-refractivity contribution < 1.29 is 13.5 Å². The molecule has 1 fully saturated rings. The second kappa shape index (κ2) is 3.87. The molecule has 1 saturated heterocycles. The van der Waals surface area contributed by atoms with Crippen LogP contribution >= 0.6 is 0 Å². The van der Waals surface area contributed by atoms with Gasteiger partial charge >= 0.3 is 0 Å². The van der Waals surface area contributed by atoms with Crippen molar-refractivity contribution in [1.29, 1.82) is 0 Å². The summed E-state index contributed by atoms with van der Waals surface area (Å²) in [5.74, 6) is -1.51. The zero-order valence-electron chi connectivity index (χ0n) is 7.18. The van der Waals surface area contributed by atoms with Crippen LogP contribution in [-0.2, 0) is 0 Å².